The second-order valence-electron chi connectivity index (χ2n) is 5.43. The molecule has 0 bridgehead atoms. The molecule has 3 rings (SSSR count). The molecule has 1 amide bonds. The van der Waals surface area contributed by atoms with Gasteiger partial charge < -0.3 is 10.3 Å². The molecule has 1 heterocycles. The van der Waals surface area contributed by atoms with Crippen molar-refractivity contribution in [1.29, 1.82) is 0 Å². The molecule has 1 aromatic heterocycles. The number of nitrogens with zero attached hydrogens (tertiary/aromatic N) is 2. The van der Waals surface area contributed by atoms with Crippen LogP contribution in [-0.2, 0) is 7.05 Å². The average Bonchev–Trinajstić information content (AvgIpc) is 2.76. The van der Waals surface area contributed by atoms with E-state index in [2.05, 4.69) is 11.6 Å². The highest BCUT2D eigenvalue weighted by Crippen LogP contribution is 2.33. The highest BCUT2D eigenvalue weighted by molar-refractivity contribution is 5.96. The first-order valence-electron chi connectivity index (χ1n) is 6.93. The summed E-state index contributed by atoms with van der Waals surface area (Å²) in [5, 5.41) is 0. The second-order valence-corrected chi connectivity index (χ2v) is 5.43. The lowest BCUT2D eigenvalue weighted by Gasteiger charge is -2.20. The van der Waals surface area contributed by atoms with Gasteiger partial charge in [-0.25, -0.2) is 4.98 Å². The average molecular weight is 257 g/mol. The molecular formula is C15H19N3O. The molecule has 0 saturated heterocycles. The Morgan fingerprint density at radius 3 is 2.74 bits per heavy atom. The molecule has 2 aromatic rings. The fourth-order valence-corrected chi connectivity index (χ4v) is 3.10. The summed E-state index contributed by atoms with van der Waals surface area (Å²) in [6, 6.07) is 5.51. The minimum atomic E-state index is -0.397. The van der Waals surface area contributed by atoms with Crippen LogP contribution in [0.15, 0.2) is 18.2 Å². The Morgan fingerprint density at radius 1 is 1.32 bits per heavy atom. The molecule has 1 saturated carbocycles. The van der Waals surface area contributed by atoms with E-state index in [1.165, 1.54) is 32.1 Å². The third kappa shape index (κ3) is 2.11. The molecular weight excluding hydrogens is 238 g/mol. The number of primary amides is 1. The van der Waals surface area contributed by atoms with E-state index in [9.17, 15) is 4.79 Å². The molecule has 0 atom stereocenters. The fraction of sp³-hybridized carbons (Fsp3) is 0.467. The zero-order chi connectivity index (χ0) is 13.4. The molecule has 1 aliphatic carbocycles. The fourth-order valence-electron chi connectivity index (χ4n) is 3.10. The number of aromatic nitrogens is 2. The van der Waals surface area contributed by atoms with Gasteiger partial charge in [0.05, 0.1) is 11.0 Å². The van der Waals surface area contributed by atoms with Crippen LogP contribution in [0.5, 0.6) is 0 Å². The van der Waals surface area contributed by atoms with Crippen LogP contribution < -0.4 is 5.73 Å². The van der Waals surface area contributed by atoms with Crippen LogP contribution in [0, 0.1) is 0 Å². The number of nitrogens with two attached hydrogens (primary N) is 1. The van der Waals surface area contributed by atoms with Crippen molar-refractivity contribution in [2.24, 2.45) is 12.8 Å². The quantitative estimate of drug-likeness (QED) is 0.899. The lowest BCUT2D eigenvalue weighted by atomic mass is 9.89. The highest BCUT2D eigenvalue weighted by atomic mass is 16.1. The van der Waals surface area contributed by atoms with E-state index >= 15 is 0 Å². The van der Waals surface area contributed by atoms with E-state index in [4.69, 9.17) is 10.7 Å². The minimum Gasteiger partial charge on any atom is -0.366 e. The van der Waals surface area contributed by atoms with Gasteiger partial charge in [0, 0.05) is 18.5 Å². The maximum atomic E-state index is 11.2. The molecule has 2 N–H and O–H groups in total. The Balaban J connectivity index is 2.06. The van der Waals surface area contributed by atoms with Crippen LogP contribution in [0.4, 0.5) is 0 Å². The van der Waals surface area contributed by atoms with Gasteiger partial charge in [0.15, 0.2) is 0 Å². The topological polar surface area (TPSA) is 60.9 Å². The molecule has 100 valence electrons. The first-order chi connectivity index (χ1) is 9.16. The van der Waals surface area contributed by atoms with Gasteiger partial charge in [-0.3, -0.25) is 4.79 Å². The van der Waals surface area contributed by atoms with Gasteiger partial charge in [-0.15, -0.1) is 0 Å². The van der Waals surface area contributed by atoms with E-state index < -0.39 is 5.91 Å². The Labute approximate surface area is 112 Å². The SMILES string of the molecule is Cn1c(C2CCCCC2)nc2cc(C(N)=O)ccc21. The predicted octanol–water partition coefficient (Wildman–Crippen LogP) is 2.72. The van der Waals surface area contributed by atoms with Gasteiger partial charge in [-0.2, -0.15) is 0 Å². The lowest BCUT2D eigenvalue weighted by molar-refractivity contribution is 0.100. The van der Waals surface area contributed by atoms with E-state index in [1.807, 2.05) is 6.07 Å². The van der Waals surface area contributed by atoms with E-state index in [1.54, 1.807) is 12.1 Å². The molecule has 0 unspecified atom stereocenters. The Kier molecular flexibility index (Phi) is 3.01. The van der Waals surface area contributed by atoms with Crippen LogP contribution in [-0.4, -0.2) is 15.5 Å². The van der Waals surface area contributed by atoms with Crippen LogP contribution in [0.25, 0.3) is 11.0 Å². The normalized spacial score (nSPS) is 16.9. The van der Waals surface area contributed by atoms with Crippen molar-refractivity contribution < 1.29 is 4.79 Å². The monoisotopic (exact) mass is 257 g/mol. The number of hydrogen-bond donors (Lipinski definition) is 1. The van der Waals surface area contributed by atoms with E-state index in [0.29, 0.717) is 11.5 Å². The molecule has 1 fully saturated rings. The molecule has 4 heteroatoms. The number of benzene rings is 1. The number of fused-ring (bicyclic) bond motifs is 1. The van der Waals surface area contributed by atoms with Gasteiger partial charge in [-0.05, 0) is 31.0 Å². The largest absolute Gasteiger partial charge is 0.366 e. The maximum absolute atomic E-state index is 11.2. The van der Waals surface area contributed by atoms with Crippen molar-refractivity contribution in [3.05, 3.63) is 29.6 Å². The molecule has 0 radical (unpaired) electrons. The molecule has 0 spiro atoms. The van der Waals surface area contributed by atoms with Crippen molar-refractivity contribution in [3.63, 3.8) is 0 Å². The van der Waals surface area contributed by atoms with Crippen LogP contribution in [0.1, 0.15) is 54.2 Å². The number of imidazole rings is 1. The van der Waals surface area contributed by atoms with Gasteiger partial charge in [0.25, 0.3) is 0 Å². The Bertz CT molecular complexity index is 624. The van der Waals surface area contributed by atoms with E-state index in [0.717, 1.165) is 16.9 Å². The predicted molar refractivity (Wildman–Crippen MR) is 75.1 cm³/mol. The summed E-state index contributed by atoms with van der Waals surface area (Å²) in [6.07, 6.45) is 6.37. The number of amides is 1. The number of carbonyl (C=O) groups excluding carboxylic acids is 1. The van der Waals surface area contributed by atoms with Crippen molar-refractivity contribution in [2.75, 3.05) is 0 Å². The zero-order valence-corrected chi connectivity index (χ0v) is 11.2. The van der Waals surface area contributed by atoms with Crippen LogP contribution in [0.3, 0.4) is 0 Å². The van der Waals surface area contributed by atoms with Crippen LogP contribution in [0.2, 0.25) is 0 Å². The van der Waals surface area contributed by atoms with Gasteiger partial charge in [0.2, 0.25) is 5.91 Å². The molecule has 1 aliphatic rings. The summed E-state index contributed by atoms with van der Waals surface area (Å²) in [4.78, 5) is 16.0. The first kappa shape index (κ1) is 12.2. The van der Waals surface area contributed by atoms with Crippen molar-refractivity contribution in [1.82, 2.24) is 9.55 Å². The number of aryl methyl sites for hydroxylation is 1. The Hall–Kier alpha value is -1.84. The summed E-state index contributed by atoms with van der Waals surface area (Å²) in [7, 11) is 2.06. The van der Waals surface area contributed by atoms with Crippen molar-refractivity contribution in [2.45, 2.75) is 38.0 Å². The van der Waals surface area contributed by atoms with Crippen LogP contribution >= 0.6 is 0 Å². The zero-order valence-electron chi connectivity index (χ0n) is 11.2. The third-order valence-corrected chi connectivity index (χ3v) is 4.17. The van der Waals surface area contributed by atoms with Gasteiger partial charge >= 0.3 is 0 Å². The summed E-state index contributed by atoms with van der Waals surface area (Å²) in [5.74, 6) is 1.31. The summed E-state index contributed by atoms with van der Waals surface area (Å²) >= 11 is 0. The summed E-state index contributed by atoms with van der Waals surface area (Å²) in [6.45, 7) is 0. The molecule has 0 aliphatic heterocycles. The van der Waals surface area contributed by atoms with E-state index in [-0.39, 0.29) is 0 Å². The summed E-state index contributed by atoms with van der Waals surface area (Å²) in [5.41, 5.74) is 7.80. The minimum absolute atomic E-state index is 0.397. The second kappa shape index (κ2) is 4.68. The molecule has 1 aromatic carbocycles. The molecule has 19 heavy (non-hydrogen) atoms. The highest BCUT2D eigenvalue weighted by Gasteiger charge is 2.21. The Morgan fingerprint density at radius 2 is 2.05 bits per heavy atom. The maximum Gasteiger partial charge on any atom is 0.248 e. The molecule has 4 nitrogen and oxygen atoms in total. The summed E-state index contributed by atoms with van der Waals surface area (Å²) < 4.78 is 2.16. The number of carbonyl (C=O) groups is 1. The van der Waals surface area contributed by atoms with Gasteiger partial charge in [0.1, 0.15) is 5.82 Å². The third-order valence-electron chi connectivity index (χ3n) is 4.17. The standard InChI is InChI=1S/C15H19N3O/c1-18-13-8-7-11(14(16)19)9-12(13)17-15(18)10-5-3-2-4-6-10/h7-10H,2-6H2,1H3,(H2,16,19). The van der Waals surface area contributed by atoms with Crippen molar-refractivity contribution in [3.8, 4) is 0 Å². The number of hydrogen-bond acceptors (Lipinski definition) is 2. The smallest absolute Gasteiger partial charge is 0.248 e. The first-order valence-corrected chi connectivity index (χ1v) is 6.93. The lowest BCUT2D eigenvalue weighted by Crippen LogP contribution is -2.10. The van der Waals surface area contributed by atoms with Crippen molar-refractivity contribution >= 4 is 16.9 Å². The van der Waals surface area contributed by atoms with Gasteiger partial charge in [-0.1, -0.05) is 19.3 Å². The number of rotatable bonds is 2.